The minimum atomic E-state index is -0.853. The first-order chi connectivity index (χ1) is 12.9. The Morgan fingerprint density at radius 1 is 1.30 bits per heavy atom. The number of nitrogens with zero attached hydrogens (tertiary/aromatic N) is 3. The first-order valence-corrected chi connectivity index (χ1v) is 8.16. The number of aromatic nitrogens is 3. The summed E-state index contributed by atoms with van der Waals surface area (Å²) in [6.07, 6.45) is 3.63. The average molecular weight is 371 g/mol. The molecule has 0 saturated heterocycles. The van der Waals surface area contributed by atoms with Gasteiger partial charge in [-0.05, 0) is 24.6 Å². The van der Waals surface area contributed by atoms with Gasteiger partial charge in [-0.1, -0.05) is 13.0 Å². The number of pyridine rings is 2. The summed E-state index contributed by atoms with van der Waals surface area (Å²) in [6, 6.07) is 5.59. The second-order valence-corrected chi connectivity index (χ2v) is 5.80. The van der Waals surface area contributed by atoms with E-state index in [9.17, 15) is 14.0 Å². The number of primary amides is 2. The maximum Gasteiger partial charge on any atom is 0.252 e. The molecule has 0 aromatic carbocycles. The lowest BCUT2D eigenvalue weighted by Crippen LogP contribution is -2.35. The van der Waals surface area contributed by atoms with E-state index in [-0.39, 0.29) is 17.2 Å². The van der Waals surface area contributed by atoms with E-state index < -0.39 is 23.7 Å². The van der Waals surface area contributed by atoms with Crippen molar-refractivity contribution in [2.24, 2.45) is 11.5 Å². The van der Waals surface area contributed by atoms with Crippen LogP contribution in [0, 0.1) is 5.82 Å². The number of hydrogen-bond donors (Lipinski definition) is 4. The minimum Gasteiger partial charge on any atom is -0.368 e. The van der Waals surface area contributed by atoms with Crippen molar-refractivity contribution in [2.75, 3.05) is 10.6 Å². The third-order valence-electron chi connectivity index (χ3n) is 3.98. The van der Waals surface area contributed by atoms with Crippen molar-refractivity contribution in [3.05, 3.63) is 48.0 Å². The number of carbonyl (C=O) groups excluding carboxylic acids is 2. The molecule has 10 heteroatoms. The van der Waals surface area contributed by atoms with Crippen LogP contribution in [0.3, 0.4) is 0 Å². The molecule has 9 nitrogen and oxygen atoms in total. The standard InChI is InChI=1S/C17H18FN7O2/c1-2-11(15(20)27)22-17-10(18)7-9(14(19)26)16(24-17)23-12-8-21-25-6-4-3-5-13(12)25/h3-8,11H,2H2,1H3,(H2,19,26)(H2,20,27)(H2,22,23,24). The van der Waals surface area contributed by atoms with E-state index in [2.05, 4.69) is 20.7 Å². The second-order valence-electron chi connectivity index (χ2n) is 5.80. The summed E-state index contributed by atoms with van der Waals surface area (Å²) in [5.74, 6) is -2.51. The van der Waals surface area contributed by atoms with E-state index in [1.165, 1.54) is 6.20 Å². The minimum absolute atomic E-state index is 0.0319. The molecule has 0 radical (unpaired) electrons. The van der Waals surface area contributed by atoms with Crippen LogP contribution < -0.4 is 22.1 Å². The van der Waals surface area contributed by atoms with Crippen LogP contribution in [0.25, 0.3) is 5.52 Å². The lowest BCUT2D eigenvalue weighted by Gasteiger charge is -2.17. The van der Waals surface area contributed by atoms with Gasteiger partial charge in [0.15, 0.2) is 11.6 Å². The van der Waals surface area contributed by atoms with E-state index >= 15 is 0 Å². The van der Waals surface area contributed by atoms with Gasteiger partial charge in [0, 0.05) is 6.20 Å². The fourth-order valence-corrected chi connectivity index (χ4v) is 2.57. The Bertz CT molecular complexity index is 1020. The highest BCUT2D eigenvalue weighted by atomic mass is 19.1. The molecule has 0 spiro atoms. The molecular weight excluding hydrogens is 353 g/mol. The Morgan fingerprint density at radius 2 is 2.07 bits per heavy atom. The molecule has 140 valence electrons. The first kappa shape index (κ1) is 18.1. The fraction of sp³-hybridized carbons (Fsp3) is 0.176. The van der Waals surface area contributed by atoms with Crippen LogP contribution in [-0.2, 0) is 4.79 Å². The molecule has 0 aliphatic heterocycles. The zero-order chi connectivity index (χ0) is 19.6. The molecule has 1 unspecified atom stereocenters. The van der Waals surface area contributed by atoms with Crippen molar-refractivity contribution in [2.45, 2.75) is 19.4 Å². The zero-order valence-electron chi connectivity index (χ0n) is 14.4. The summed E-state index contributed by atoms with van der Waals surface area (Å²) in [5.41, 5.74) is 11.8. The summed E-state index contributed by atoms with van der Waals surface area (Å²) in [7, 11) is 0. The number of nitrogens with two attached hydrogens (primary N) is 2. The molecule has 3 aromatic rings. The maximum absolute atomic E-state index is 14.4. The van der Waals surface area contributed by atoms with E-state index in [0.717, 1.165) is 11.6 Å². The SMILES string of the molecule is CCC(Nc1nc(Nc2cnn3ccccc23)c(C(N)=O)cc1F)C(N)=O. The number of rotatable bonds is 7. The van der Waals surface area contributed by atoms with E-state index in [0.29, 0.717) is 12.1 Å². The van der Waals surface area contributed by atoms with Gasteiger partial charge >= 0.3 is 0 Å². The van der Waals surface area contributed by atoms with Crippen molar-refractivity contribution in [3.8, 4) is 0 Å². The van der Waals surface area contributed by atoms with Crippen LogP contribution in [0.2, 0.25) is 0 Å². The Balaban J connectivity index is 2.03. The summed E-state index contributed by atoms with van der Waals surface area (Å²) in [5, 5.41) is 9.77. The molecule has 0 bridgehead atoms. The Kier molecular flexibility index (Phi) is 4.88. The third-order valence-corrected chi connectivity index (χ3v) is 3.98. The summed E-state index contributed by atoms with van der Waals surface area (Å²) < 4.78 is 16.0. The van der Waals surface area contributed by atoms with Crippen LogP contribution in [0.1, 0.15) is 23.7 Å². The van der Waals surface area contributed by atoms with Crippen LogP contribution in [0.4, 0.5) is 21.7 Å². The van der Waals surface area contributed by atoms with Crippen LogP contribution in [0.15, 0.2) is 36.7 Å². The van der Waals surface area contributed by atoms with Crippen molar-refractivity contribution < 1.29 is 14.0 Å². The maximum atomic E-state index is 14.4. The molecular formula is C17H18FN7O2. The molecule has 3 rings (SSSR count). The molecule has 0 aliphatic carbocycles. The predicted molar refractivity (Wildman–Crippen MR) is 98.1 cm³/mol. The predicted octanol–water partition coefficient (Wildman–Crippen LogP) is 1.39. The number of hydrogen-bond acceptors (Lipinski definition) is 6. The van der Waals surface area contributed by atoms with Crippen molar-refractivity contribution in [3.63, 3.8) is 0 Å². The number of fused-ring (bicyclic) bond motifs is 1. The highest BCUT2D eigenvalue weighted by molar-refractivity contribution is 5.99. The zero-order valence-corrected chi connectivity index (χ0v) is 14.4. The summed E-state index contributed by atoms with van der Waals surface area (Å²) in [6.45, 7) is 1.72. The van der Waals surface area contributed by atoms with Crippen LogP contribution in [-0.4, -0.2) is 32.5 Å². The smallest absolute Gasteiger partial charge is 0.252 e. The van der Waals surface area contributed by atoms with Gasteiger partial charge in [-0.15, -0.1) is 0 Å². The fourth-order valence-electron chi connectivity index (χ4n) is 2.57. The Hall–Kier alpha value is -3.69. The highest BCUT2D eigenvalue weighted by Crippen LogP contribution is 2.26. The van der Waals surface area contributed by atoms with Gasteiger partial charge in [-0.2, -0.15) is 5.10 Å². The number of nitrogens with one attached hydrogen (secondary N) is 2. The molecule has 0 aliphatic rings. The molecule has 2 amide bonds. The van der Waals surface area contributed by atoms with Gasteiger partial charge in [0.25, 0.3) is 5.91 Å². The first-order valence-electron chi connectivity index (χ1n) is 8.16. The summed E-state index contributed by atoms with van der Waals surface area (Å²) in [4.78, 5) is 27.2. The Labute approximate surface area is 153 Å². The quantitative estimate of drug-likeness (QED) is 0.495. The van der Waals surface area contributed by atoms with E-state index in [1.807, 2.05) is 18.2 Å². The van der Waals surface area contributed by atoms with E-state index in [4.69, 9.17) is 11.5 Å². The Morgan fingerprint density at radius 3 is 2.74 bits per heavy atom. The molecule has 0 saturated carbocycles. The number of amides is 2. The van der Waals surface area contributed by atoms with Crippen molar-refractivity contribution >= 4 is 34.7 Å². The molecule has 6 N–H and O–H groups in total. The van der Waals surface area contributed by atoms with Gasteiger partial charge in [0.2, 0.25) is 5.91 Å². The second kappa shape index (κ2) is 7.28. The van der Waals surface area contributed by atoms with Gasteiger partial charge < -0.3 is 22.1 Å². The molecule has 3 heterocycles. The van der Waals surface area contributed by atoms with E-state index in [1.54, 1.807) is 17.6 Å². The molecule has 0 fully saturated rings. The van der Waals surface area contributed by atoms with Gasteiger partial charge in [-0.25, -0.2) is 13.9 Å². The average Bonchev–Trinajstić information content (AvgIpc) is 3.04. The number of halogens is 1. The van der Waals surface area contributed by atoms with Crippen LogP contribution in [0.5, 0.6) is 0 Å². The normalized spacial score (nSPS) is 11.9. The molecule has 27 heavy (non-hydrogen) atoms. The molecule has 1 atom stereocenters. The van der Waals surface area contributed by atoms with Gasteiger partial charge in [0.1, 0.15) is 11.9 Å². The molecule has 3 aromatic heterocycles. The topological polar surface area (TPSA) is 140 Å². The highest BCUT2D eigenvalue weighted by Gasteiger charge is 2.20. The monoisotopic (exact) mass is 371 g/mol. The van der Waals surface area contributed by atoms with Crippen molar-refractivity contribution in [1.29, 1.82) is 0 Å². The largest absolute Gasteiger partial charge is 0.368 e. The summed E-state index contributed by atoms with van der Waals surface area (Å²) >= 11 is 0. The van der Waals surface area contributed by atoms with Crippen LogP contribution >= 0.6 is 0 Å². The lowest BCUT2D eigenvalue weighted by atomic mass is 10.2. The van der Waals surface area contributed by atoms with Gasteiger partial charge in [-0.3, -0.25) is 9.59 Å². The lowest BCUT2D eigenvalue weighted by molar-refractivity contribution is -0.118. The number of anilines is 3. The van der Waals surface area contributed by atoms with Gasteiger partial charge in [0.05, 0.1) is 23.0 Å². The van der Waals surface area contributed by atoms with Crippen molar-refractivity contribution in [1.82, 2.24) is 14.6 Å². The number of carbonyl (C=O) groups is 2. The third kappa shape index (κ3) is 3.64.